The lowest BCUT2D eigenvalue weighted by molar-refractivity contribution is -0.136. The third-order valence-corrected chi connectivity index (χ3v) is 7.06. The molecular weight excluding hydrogens is 310 g/mol. The monoisotopic (exact) mass is 331 g/mol. The first-order valence-electron chi connectivity index (χ1n) is 7.21. The molecule has 21 heavy (non-hydrogen) atoms. The summed E-state index contributed by atoms with van der Waals surface area (Å²) in [4.78, 5) is 11.2. The van der Waals surface area contributed by atoms with E-state index in [4.69, 9.17) is 5.11 Å². The van der Waals surface area contributed by atoms with E-state index < -0.39 is 16.0 Å². The second kappa shape index (κ2) is 6.89. The Morgan fingerprint density at radius 1 is 1.38 bits per heavy atom. The fraction of sp³-hybridized carbons (Fsp3) is 0.643. The van der Waals surface area contributed by atoms with Gasteiger partial charge in [0.05, 0.1) is 6.42 Å². The third kappa shape index (κ3) is 4.52. The minimum Gasteiger partial charge on any atom is -0.481 e. The lowest BCUT2D eigenvalue weighted by atomic mass is 9.85. The maximum absolute atomic E-state index is 12.3. The number of thiophene rings is 1. The van der Waals surface area contributed by atoms with Gasteiger partial charge in [0.2, 0.25) is 10.0 Å². The molecule has 1 aliphatic rings. The highest BCUT2D eigenvalue weighted by atomic mass is 32.2. The van der Waals surface area contributed by atoms with Gasteiger partial charge in [-0.25, -0.2) is 13.1 Å². The molecule has 1 saturated carbocycles. The number of hydrogen-bond donors (Lipinski definition) is 2. The van der Waals surface area contributed by atoms with Gasteiger partial charge in [0.1, 0.15) is 4.21 Å². The van der Waals surface area contributed by atoms with E-state index in [1.54, 1.807) is 6.07 Å². The molecule has 1 aliphatic carbocycles. The van der Waals surface area contributed by atoms with Gasteiger partial charge in [-0.1, -0.05) is 19.3 Å². The molecule has 0 aromatic carbocycles. The highest BCUT2D eigenvalue weighted by molar-refractivity contribution is 7.91. The van der Waals surface area contributed by atoms with Crippen LogP contribution >= 0.6 is 11.3 Å². The van der Waals surface area contributed by atoms with E-state index in [9.17, 15) is 13.2 Å². The van der Waals surface area contributed by atoms with Crippen LogP contribution in [0, 0.1) is 5.92 Å². The van der Waals surface area contributed by atoms with Gasteiger partial charge >= 0.3 is 5.97 Å². The third-order valence-electron chi connectivity index (χ3n) is 3.93. The molecule has 1 aromatic rings. The second-order valence-corrected chi connectivity index (χ2v) is 8.71. The number of rotatable bonds is 6. The number of nitrogens with one attached hydrogen (secondary N) is 1. The smallest absolute Gasteiger partial charge is 0.308 e. The van der Waals surface area contributed by atoms with E-state index in [0.29, 0.717) is 10.8 Å². The van der Waals surface area contributed by atoms with Crippen LogP contribution < -0.4 is 4.72 Å². The van der Waals surface area contributed by atoms with Crippen LogP contribution in [0.3, 0.4) is 0 Å². The van der Waals surface area contributed by atoms with Crippen molar-refractivity contribution in [2.24, 2.45) is 5.92 Å². The molecule has 0 spiro atoms. The lowest BCUT2D eigenvalue weighted by Crippen LogP contribution is -2.38. The van der Waals surface area contributed by atoms with E-state index >= 15 is 0 Å². The van der Waals surface area contributed by atoms with Crippen molar-refractivity contribution in [1.82, 2.24) is 4.72 Å². The van der Waals surface area contributed by atoms with Gasteiger partial charge in [-0.05, 0) is 37.8 Å². The van der Waals surface area contributed by atoms with Crippen LogP contribution in [0.25, 0.3) is 0 Å². The van der Waals surface area contributed by atoms with E-state index in [1.807, 2.05) is 6.92 Å². The Morgan fingerprint density at radius 3 is 2.67 bits per heavy atom. The van der Waals surface area contributed by atoms with Gasteiger partial charge in [0, 0.05) is 10.9 Å². The SMILES string of the molecule is CC(NS(=O)(=O)c1ccc(CC(=O)O)s1)C1CCCCC1. The molecule has 2 N–H and O–H groups in total. The highest BCUT2D eigenvalue weighted by Gasteiger charge is 2.26. The molecule has 7 heteroatoms. The fourth-order valence-corrected chi connectivity index (χ4v) is 5.46. The zero-order valence-electron chi connectivity index (χ0n) is 12.0. The average Bonchev–Trinajstić information content (AvgIpc) is 2.88. The van der Waals surface area contributed by atoms with Crippen LogP contribution in [-0.4, -0.2) is 25.5 Å². The largest absolute Gasteiger partial charge is 0.481 e. The zero-order chi connectivity index (χ0) is 15.5. The van der Waals surface area contributed by atoms with Crippen LogP contribution in [0.4, 0.5) is 0 Å². The number of carboxylic acid groups (broad SMARTS) is 1. The molecule has 0 saturated heterocycles. The Kier molecular flexibility index (Phi) is 5.40. The summed E-state index contributed by atoms with van der Waals surface area (Å²) in [5.74, 6) is -0.559. The van der Waals surface area contributed by atoms with Crippen molar-refractivity contribution >= 4 is 27.3 Å². The van der Waals surface area contributed by atoms with E-state index in [0.717, 1.165) is 24.2 Å². The molecule has 0 radical (unpaired) electrons. The predicted octanol–water partition coefficient (Wildman–Crippen LogP) is 2.62. The summed E-state index contributed by atoms with van der Waals surface area (Å²) >= 11 is 1.03. The molecule has 0 aliphatic heterocycles. The minimum absolute atomic E-state index is 0.0830. The summed E-state index contributed by atoms with van der Waals surface area (Å²) in [5, 5.41) is 8.74. The summed E-state index contributed by atoms with van der Waals surface area (Å²) < 4.78 is 27.6. The van der Waals surface area contributed by atoms with Gasteiger partial charge in [-0.3, -0.25) is 4.79 Å². The summed E-state index contributed by atoms with van der Waals surface area (Å²) in [6.07, 6.45) is 5.56. The summed E-state index contributed by atoms with van der Waals surface area (Å²) in [6.45, 7) is 1.92. The van der Waals surface area contributed by atoms with Crippen LogP contribution in [0.2, 0.25) is 0 Å². The van der Waals surface area contributed by atoms with Crippen molar-refractivity contribution in [3.8, 4) is 0 Å². The van der Waals surface area contributed by atoms with Gasteiger partial charge in [0.15, 0.2) is 0 Å². The molecule has 0 amide bonds. The second-order valence-electron chi connectivity index (χ2n) is 5.60. The van der Waals surface area contributed by atoms with Gasteiger partial charge in [0.25, 0.3) is 0 Å². The number of aliphatic carboxylic acids is 1. The first-order valence-corrected chi connectivity index (χ1v) is 9.51. The Balaban J connectivity index is 2.03. The molecule has 5 nitrogen and oxygen atoms in total. The summed E-state index contributed by atoms with van der Waals surface area (Å²) in [7, 11) is -3.55. The van der Waals surface area contributed by atoms with Gasteiger partial charge < -0.3 is 5.11 Å². The molecular formula is C14H21NO4S2. The topological polar surface area (TPSA) is 83.5 Å². The van der Waals surface area contributed by atoms with Crippen molar-refractivity contribution < 1.29 is 18.3 Å². The van der Waals surface area contributed by atoms with Gasteiger partial charge in [-0.15, -0.1) is 11.3 Å². The van der Waals surface area contributed by atoms with Crippen molar-refractivity contribution in [2.45, 2.75) is 55.7 Å². The molecule has 1 fully saturated rings. The quantitative estimate of drug-likeness (QED) is 0.839. The van der Waals surface area contributed by atoms with Crippen LogP contribution in [-0.2, 0) is 21.2 Å². The number of carbonyl (C=O) groups is 1. The Labute approximate surface area is 129 Å². The highest BCUT2D eigenvalue weighted by Crippen LogP contribution is 2.28. The van der Waals surface area contributed by atoms with Crippen molar-refractivity contribution in [2.75, 3.05) is 0 Å². The van der Waals surface area contributed by atoms with E-state index in [-0.39, 0.29) is 16.7 Å². The summed E-state index contributed by atoms with van der Waals surface area (Å²) in [5.41, 5.74) is 0. The van der Waals surface area contributed by atoms with Crippen molar-refractivity contribution in [1.29, 1.82) is 0 Å². The lowest BCUT2D eigenvalue weighted by Gasteiger charge is -2.27. The molecule has 0 bridgehead atoms. The first-order chi connectivity index (χ1) is 9.88. The van der Waals surface area contributed by atoms with Crippen LogP contribution in [0.1, 0.15) is 43.9 Å². The minimum atomic E-state index is -3.55. The van der Waals surface area contributed by atoms with Crippen molar-refractivity contribution in [3.05, 3.63) is 17.0 Å². The predicted molar refractivity (Wildman–Crippen MR) is 82.0 cm³/mol. The molecule has 1 aromatic heterocycles. The van der Waals surface area contributed by atoms with E-state index in [1.165, 1.54) is 25.3 Å². The molecule has 1 unspecified atom stereocenters. The van der Waals surface area contributed by atoms with Gasteiger partial charge in [-0.2, -0.15) is 0 Å². The maximum atomic E-state index is 12.3. The zero-order valence-corrected chi connectivity index (χ0v) is 13.7. The summed E-state index contributed by atoms with van der Waals surface area (Å²) in [6, 6.07) is 2.97. The Hall–Kier alpha value is -0.920. The average molecular weight is 331 g/mol. The Morgan fingerprint density at radius 2 is 2.05 bits per heavy atom. The van der Waals surface area contributed by atoms with Crippen molar-refractivity contribution in [3.63, 3.8) is 0 Å². The normalized spacial score (nSPS) is 18.5. The molecule has 1 atom stereocenters. The number of carboxylic acids is 1. The number of sulfonamides is 1. The fourth-order valence-electron chi connectivity index (χ4n) is 2.78. The maximum Gasteiger partial charge on any atom is 0.308 e. The molecule has 118 valence electrons. The number of hydrogen-bond acceptors (Lipinski definition) is 4. The van der Waals surface area contributed by atoms with Crippen LogP contribution in [0.15, 0.2) is 16.3 Å². The molecule has 2 rings (SSSR count). The Bertz CT molecular complexity index is 588. The van der Waals surface area contributed by atoms with Crippen LogP contribution in [0.5, 0.6) is 0 Å². The molecule has 1 heterocycles. The standard InChI is InChI=1S/C14H21NO4S2/c1-10(11-5-3-2-4-6-11)15-21(18,19)14-8-7-12(20-14)9-13(16)17/h7-8,10-11,15H,2-6,9H2,1H3,(H,16,17). The first kappa shape index (κ1) is 16.5. The van der Waals surface area contributed by atoms with E-state index in [2.05, 4.69) is 4.72 Å².